The maximum Gasteiger partial charge on any atom is 0.343 e. The van der Waals surface area contributed by atoms with E-state index in [1.54, 1.807) is 0 Å². The Morgan fingerprint density at radius 3 is 2.32 bits per heavy atom. The second kappa shape index (κ2) is 6.95. The minimum absolute atomic E-state index is 0.0141. The Morgan fingerprint density at radius 1 is 0.974 bits per heavy atom. The van der Waals surface area contributed by atoms with Gasteiger partial charge in [-0.2, -0.15) is 0 Å². The first-order chi connectivity index (χ1) is 17.8. The fraction of sp³-hybridized carbons (Fsp3) is 0.667. The van der Waals surface area contributed by atoms with Crippen LogP contribution in [0.5, 0.6) is 0 Å². The van der Waals surface area contributed by atoms with Crippen molar-refractivity contribution >= 4 is 17.9 Å². The van der Waals surface area contributed by atoms with Gasteiger partial charge >= 0.3 is 17.9 Å². The van der Waals surface area contributed by atoms with Gasteiger partial charge in [0.15, 0.2) is 17.8 Å². The fourth-order valence-corrected chi connectivity index (χ4v) is 9.20. The smallest absolute Gasteiger partial charge is 0.343 e. The van der Waals surface area contributed by atoms with Crippen LogP contribution in [0.4, 0.5) is 0 Å². The van der Waals surface area contributed by atoms with E-state index in [2.05, 4.69) is 0 Å². The number of aliphatic hydroxyl groups excluding tert-OH is 2. The van der Waals surface area contributed by atoms with Crippen LogP contribution >= 0.6 is 0 Å². The molecule has 0 amide bonds. The van der Waals surface area contributed by atoms with Crippen molar-refractivity contribution in [2.75, 3.05) is 0 Å². The van der Waals surface area contributed by atoms with Crippen LogP contribution in [0.15, 0.2) is 30.3 Å². The molecule has 4 aliphatic heterocycles. The highest BCUT2D eigenvalue weighted by molar-refractivity contribution is 5.94. The lowest BCUT2D eigenvalue weighted by Crippen LogP contribution is -2.67. The molecule has 3 N–H and O–H groups in total. The summed E-state index contributed by atoms with van der Waals surface area (Å²) in [6, 6.07) is 9.11. The normalized spacial score (nSPS) is 51.8. The van der Waals surface area contributed by atoms with E-state index in [1.807, 2.05) is 51.1 Å². The second-order valence-electron chi connectivity index (χ2n) is 12.6. The van der Waals surface area contributed by atoms with Crippen LogP contribution in [-0.2, 0) is 44.7 Å². The lowest BCUT2D eigenvalue weighted by atomic mass is 9.51. The number of hydrogen-bond donors (Lipinski definition) is 3. The van der Waals surface area contributed by atoms with Gasteiger partial charge in [0.2, 0.25) is 11.9 Å². The molecule has 2 spiro atoms. The molecule has 38 heavy (non-hydrogen) atoms. The summed E-state index contributed by atoms with van der Waals surface area (Å²) in [6.45, 7) is 6.92. The lowest BCUT2D eigenvalue weighted by Gasteiger charge is -2.48. The van der Waals surface area contributed by atoms with Crippen molar-refractivity contribution in [3.8, 4) is 0 Å². The van der Waals surface area contributed by atoms with E-state index in [9.17, 15) is 29.7 Å². The number of ether oxygens (including phenoxy) is 5. The number of fused-ring (bicyclic) bond motifs is 1. The van der Waals surface area contributed by atoms with Gasteiger partial charge in [-0.05, 0) is 17.9 Å². The summed E-state index contributed by atoms with van der Waals surface area (Å²) in [7, 11) is 0. The molecule has 4 heterocycles. The number of rotatable bonds is 3. The molecular weight excluding hydrogens is 500 g/mol. The molecule has 7 rings (SSSR count). The summed E-state index contributed by atoms with van der Waals surface area (Å²) in [5.74, 6) is -4.79. The Kier molecular flexibility index (Phi) is 4.47. The Balaban J connectivity index is 1.50. The summed E-state index contributed by atoms with van der Waals surface area (Å²) in [5, 5.41) is 36.1. The van der Waals surface area contributed by atoms with E-state index in [0.717, 1.165) is 5.56 Å². The highest BCUT2D eigenvalue weighted by Crippen LogP contribution is 2.84. The standard InChI is InChI=1S/C27H30O11/c1-11-19(30)35-17-15(29)25-16-13(28)14(23(2,3)4)24(25)18(34-10-12-8-6-5-7-9-12)20(31)37-22(24)38-27(25,21(32)36-16)26(11,17)33/h5-9,11,13-18,22,28-29,33H,10H2,1-4H3/t11?,13-,14?,15?,16?,17+,18+,22?,24?,25?,26-,27+/m1/s1. The molecule has 204 valence electrons. The van der Waals surface area contributed by atoms with E-state index in [0.29, 0.717) is 0 Å². The molecule has 0 bridgehead atoms. The summed E-state index contributed by atoms with van der Waals surface area (Å²) >= 11 is 0. The van der Waals surface area contributed by atoms with Crippen molar-refractivity contribution in [3.63, 3.8) is 0 Å². The van der Waals surface area contributed by atoms with Gasteiger partial charge in [0, 0.05) is 5.92 Å². The third-order valence-electron chi connectivity index (χ3n) is 10.2. The zero-order valence-corrected chi connectivity index (χ0v) is 21.3. The zero-order chi connectivity index (χ0) is 27.2. The second-order valence-corrected chi connectivity index (χ2v) is 12.6. The third-order valence-corrected chi connectivity index (χ3v) is 10.2. The first kappa shape index (κ1) is 24.5. The largest absolute Gasteiger partial charge is 0.456 e. The van der Waals surface area contributed by atoms with Crippen LogP contribution in [-0.4, -0.2) is 81.2 Å². The third kappa shape index (κ3) is 2.13. The Morgan fingerprint density at radius 2 is 1.66 bits per heavy atom. The average molecular weight is 531 g/mol. The first-order valence-electron chi connectivity index (χ1n) is 12.9. The number of aliphatic hydroxyl groups is 3. The number of benzene rings is 1. The van der Waals surface area contributed by atoms with E-state index >= 15 is 0 Å². The minimum atomic E-state index is -2.36. The van der Waals surface area contributed by atoms with Gasteiger partial charge in [0.1, 0.15) is 12.2 Å². The molecule has 1 aromatic carbocycles. The predicted octanol–water partition coefficient (Wildman–Crippen LogP) is -0.174. The van der Waals surface area contributed by atoms with Crippen molar-refractivity contribution in [2.45, 2.75) is 82.3 Å². The maximum absolute atomic E-state index is 13.8. The number of carbonyl (C=O) groups is 3. The zero-order valence-electron chi connectivity index (χ0n) is 21.3. The molecule has 2 saturated carbocycles. The van der Waals surface area contributed by atoms with Gasteiger partial charge in [-0.1, -0.05) is 51.1 Å². The van der Waals surface area contributed by atoms with Gasteiger partial charge in [0.25, 0.3) is 0 Å². The van der Waals surface area contributed by atoms with E-state index in [-0.39, 0.29) is 6.61 Å². The van der Waals surface area contributed by atoms with Gasteiger partial charge in [0.05, 0.1) is 29.5 Å². The molecular formula is C27H30O11. The monoisotopic (exact) mass is 530 g/mol. The maximum atomic E-state index is 13.8. The molecule has 11 heteroatoms. The molecule has 7 unspecified atom stereocenters. The Bertz CT molecular complexity index is 1260. The summed E-state index contributed by atoms with van der Waals surface area (Å²) in [6.07, 6.45) is -8.97. The molecule has 11 nitrogen and oxygen atoms in total. The van der Waals surface area contributed by atoms with E-state index in [4.69, 9.17) is 23.7 Å². The first-order valence-corrected chi connectivity index (χ1v) is 12.9. The molecule has 2 aliphatic carbocycles. The highest BCUT2D eigenvalue weighted by atomic mass is 16.8. The Labute approximate surface area is 217 Å². The summed E-state index contributed by atoms with van der Waals surface area (Å²) < 4.78 is 29.6. The van der Waals surface area contributed by atoms with Gasteiger partial charge in [-0.25, -0.2) is 9.59 Å². The molecule has 6 aliphatic rings. The molecule has 4 saturated heterocycles. The molecule has 1 aromatic rings. The molecule has 6 fully saturated rings. The van der Waals surface area contributed by atoms with Crippen molar-refractivity contribution < 1.29 is 53.4 Å². The molecule has 12 atom stereocenters. The van der Waals surface area contributed by atoms with Crippen LogP contribution < -0.4 is 0 Å². The SMILES string of the molecule is CC1C(=O)O[C@H]2C(O)C34C5OC(=O)[C@@]3(OC3OC(=O)[C@H](OCc6ccccc6)C34C(C(C)(C)C)[C@H]5O)[C@@]12O. The van der Waals surface area contributed by atoms with Crippen molar-refractivity contribution in [1.29, 1.82) is 0 Å². The predicted molar refractivity (Wildman–Crippen MR) is 122 cm³/mol. The van der Waals surface area contributed by atoms with E-state index in [1.165, 1.54) is 6.92 Å². The number of hydrogen-bond acceptors (Lipinski definition) is 11. The fourth-order valence-electron chi connectivity index (χ4n) is 9.20. The van der Waals surface area contributed by atoms with Gasteiger partial charge < -0.3 is 39.0 Å². The van der Waals surface area contributed by atoms with Gasteiger partial charge in [-0.15, -0.1) is 0 Å². The van der Waals surface area contributed by atoms with Crippen LogP contribution in [0.25, 0.3) is 0 Å². The van der Waals surface area contributed by atoms with Crippen molar-refractivity contribution in [3.05, 3.63) is 35.9 Å². The van der Waals surface area contributed by atoms with Crippen molar-refractivity contribution in [2.24, 2.45) is 28.1 Å². The minimum Gasteiger partial charge on any atom is -0.456 e. The highest BCUT2D eigenvalue weighted by Gasteiger charge is 3.05. The van der Waals surface area contributed by atoms with E-state index < -0.39 is 94.0 Å². The van der Waals surface area contributed by atoms with Crippen LogP contribution in [0.1, 0.15) is 33.3 Å². The van der Waals surface area contributed by atoms with Crippen molar-refractivity contribution in [1.82, 2.24) is 0 Å². The number of esters is 3. The van der Waals surface area contributed by atoms with Gasteiger partial charge in [-0.3, -0.25) is 4.79 Å². The topological polar surface area (TPSA) is 158 Å². The molecule has 0 aromatic heterocycles. The average Bonchev–Trinajstić information content (AvgIpc) is 3.55. The quantitative estimate of drug-likeness (QED) is 0.352. The molecule has 0 radical (unpaired) electrons. The van der Waals surface area contributed by atoms with Crippen LogP contribution in [0.3, 0.4) is 0 Å². The summed E-state index contributed by atoms with van der Waals surface area (Å²) in [5.41, 5.74) is -8.32. The van der Waals surface area contributed by atoms with Crippen LogP contribution in [0.2, 0.25) is 0 Å². The summed E-state index contributed by atoms with van der Waals surface area (Å²) in [4.78, 5) is 40.0. The lowest BCUT2D eigenvalue weighted by molar-refractivity contribution is -0.240. The Hall–Kier alpha value is -2.57. The number of carbonyl (C=O) groups excluding carboxylic acids is 3. The van der Waals surface area contributed by atoms with Crippen LogP contribution in [0, 0.1) is 28.1 Å².